The van der Waals surface area contributed by atoms with E-state index < -0.39 is 34.1 Å². The number of carbonyl (C=O) groups is 1. The summed E-state index contributed by atoms with van der Waals surface area (Å²) in [5.41, 5.74) is -2.03. The summed E-state index contributed by atoms with van der Waals surface area (Å²) in [4.78, 5) is 26.4. The van der Waals surface area contributed by atoms with Crippen molar-refractivity contribution in [3.63, 3.8) is 0 Å². The van der Waals surface area contributed by atoms with Crippen LogP contribution in [0.2, 0.25) is 0 Å². The van der Waals surface area contributed by atoms with Crippen molar-refractivity contribution >= 4 is 17.3 Å². The lowest BCUT2D eigenvalue weighted by molar-refractivity contribution is -0.388. The molecule has 220 valence electrons. The third-order valence-electron chi connectivity index (χ3n) is 7.35. The van der Waals surface area contributed by atoms with E-state index in [1.54, 1.807) is 4.90 Å². The van der Waals surface area contributed by atoms with E-state index in [0.29, 0.717) is 26.1 Å². The summed E-state index contributed by atoms with van der Waals surface area (Å²) < 4.78 is 78.1. The van der Waals surface area contributed by atoms with E-state index in [4.69, 9.17) is 0 Å². The molecule has 7 nitrogen and oxygen atoms in total. The largest absolute Gasteiger partial charge is 0.423 e. The van der Waals surface area contributed by atoms with Gasteiger partial charge in [0.2, 0.25) is 5.91 Å². The highest BCUT2D eigenvalue weighted by molar-refractivity contribution is 5.76. The number of nitro benzene ring substituents is 1. The van der Waals surface area contributed by atoms with E-state index in [1.165, 1.54) is 18.2 Å². The molecule has 13 heteroatoms. The number of anilines is 1. The summed E-state index contributed by atoms with van der Waals surface area (Å²) in [6.07, 6.45) is -6.85. The number of nitrogens with one attached hydrogen (secondary N) is 1. The number of piperidine rings is 1. The fraction of sp³-hybridized carbons (Fsp3) is 0.519. The number of amides is 1. The quantitative estimate of drug-likeness (QED) is 0.231. The van der Waals surface area contributed by atoms with E-state index >= 15 is 0 Å². The second-order valence-electron chi connectivity index (χ2n) is 9.94. The number of alkyl halides is 6. The first-order valence-electron chi connectivity index (χ1n) is 12.6. The topological polar surface area (TPSA) is 78.7 Å². The molecule has 0 aromatic heterocycles. The van der Waals surface area contributed by atoms with Crippen molar-refractivity contribution in [2.45, 2.75) is 57.4 Å². The summed E-state index contributed by atoms with van der Waals surface area (Å²) in [6, 6.07) is 7.77. The number of rotatable bonds is 7. The highest BCUT2D eigenvalue weighted by Crippen LogP contribution is 2.38. The van der Waals surface area contributed by atoms with Gasteiger partial charge >= 0.3 is 12.4 Å². The Morgan fingerprint density at radius 1 is 0.950 bits per heavy atom. The van der Waals surface area contributed by atoms with Crippen molar-refractivity contribution in [3.05, 3.63) is 69.3 Å². The zero-order valence-corrected chi connectivity index (χ0v) is 20.9. The Bertz CT molecular complexity index is 1180. The zero-order chi connectivity index (χ0) is 28.4. The smallest absolute Gasteiger partial charge is 0.380 e. The van der Waals surface area contributed by atoms with Crippen LogP contribution in [-0.2, 0) is 17.1 Å². The van der Waals surface area contributed by atoms with Gasteiger partial charge in [-0.15, -0.1) is 0 Å². The third kappa shape index (κ3) is 7.64. The summed E-state index contributed by atoms with van der Waals surface area (Å²) in [7, 11) is 0. The Hall–Kier alpha value is -3.35. The minimum Gasteiger partial charge on any atom is -0.380 e. The van der Waals surface area contributed by atoms with E-state index in [2.05, 4.69) is 10.2 Å². The van der Waals surface area contributed by atoms with Crippen LogP contribution in [0.4, 0.5) is 37.7 Å². The second kappa shape index (κ2) is 12.4. The molecule has 0 spiro atoms. The monoisotopic (exact) mass is 574 g/mol. The molecule has 2 aromatic carbocycles. The van der Waals surface area contributed by atoms with Crippen LogP contribution in [0.5, 0.6) is 0 Å². The maximum atomic E-state index is 13.2. The molecule has 2 saturated heterocycles. The van der Waals surface area contributed by atoms with Crippen LogP contribution >= 0.6 is 0 Å². The highest BCUT2D eigenvalue weighted by atomic mass is 19.4. The standard InChI is InChI=1S/C26H28F6N4O3.CH4/c27-25(28,29)19-3-1-17(2-4-19)18-7-11-34(12-8-18)13-10-24(37)35-14-9-21(16-35)33-20-5-6-23(36(38)39)22(15-20)26(30,31)32;/h1-6,15,18,21,33H,7-14,16H2;1H4/t21-;/m0./s1. The molecule has 0 aliphatic carbocycles. The van der Waals surface area contributed by atoms with Crippen LogP contribution in [0, 0.1) is 10.1 Å². The summed E-state index contributed by atoms with van der Waals surface area (Å²) in [5, 5.41) is 13.9. The second-order valence-corrected chi connectivity index (χ2v) is 9.94. The highest BCUT2D eigenvalue weighted by Gasteiger charge is 2.39. The molecule has 0 saturated carbocycles. The first-order chi connectivity index (χ1) is 18.3. The SMILES string of the molecule is C.O=C(CCN1CCC(c2ccc(C(F)(F)F)cc2)CC1)N1CC[C@H](Nc2ccc([N+](=O)[O-])c(C(F)(F)F)c2)C1. The number of likely N-dealkylation sites (tertiary alicyclic amines) is 2. The maximum Gasteiger partial charge on any atom is 0.423 e. The fourth-order valence-corrected chi connectivity index (χ4v) is 5.20. The first kappa shape index (κ1) is 31.2. The van der Waals surface area contributed by atoms with Crippen LogP contribution in [-0.4, -0.2) is 59.4 Å². The zero-order valence-electron chi connectivity index (χ0n) is 20.9. The predicted octanol–water partition coefficient (Wildman–Crippen LogP) is 6.55. The van der Waals surface area contributed by atoms with Gasteiger partial charge in [-0.2, -0.15) is 26.3 Å². The fourth-order valence-electron chi connectivity index (χ4n) is 5.20. The molecule has 2 fully saturated rings. The van der Waals surface area contributed by atoms with Gasteiger partial charge in [0.15, 0.2) is 0 Å². The van der Waals surface area contributed by atoms with E-state index in [9.17, 15) is 41.3 Å². The lowest BCUT2D eigenvalue weighted by atomic mass is 9.89. The van der Waals surface area contributed by atoms with Crippen molar-refractivity contribution in [1.82, 2.24) is 9.80 Å². The van der Waals surface area contributed by atoms with Gasteiger partial charge in [-0.05, 0) is 68.1 Å². The van der Waals surface area contributed by atoms with E-state index in [0.717, 1.165) is 55.8 Å². The molecule has 0 radical (unpaired) electrons. The predicted molar refractivity (Wildman–Crippen MR) is 138 cm³/mol. The van der Waals surface area contributed by atoms with Gasteiger partial charge in [-0.3, -0.25) is 14.9 Å². The van der Waals surface area contributed by atoms with Gasteiger partial charge in [0.25, 0.3) is 5.69 Å². The lowest BCUT2D eigenvalue weighted by Gasteiger charge is -2.32. The Labute approximate surface area is 228 Å². The van der Waals surface area contributed by atoms with Gasteiger partial charge < -0.3 is 15.1 Å². The van der Waals surface area contributed by atoms with E-state index in [-0.39, 0.29) is 37.4 Å². The Balaban J connectivity index is 0.00000441. The molecule has 0 bridgehead atoms. The number of halogens is 6. The van der Waals surface area contributed by atoms with Gasteiger partial charge in [-0.1, -0.05) is 19.6 Å². The third-order valence-corrected chi connectivity index (χ3v) is 7.35. The number of benzene rings is 2. The molecule has 1 N–H and O–H groups in total. The van der Waals surface area contributed by atoms with Gasteiger partial charge in [0.1, 0.15) is 5.56 Å². The normalized spacial score (nSPS) is 18.9. The van der Waals surface area contributed by atoms with Crippen molar-refractivity contribution in [2.24, 2.45) is 0 Å². The van der Waals surface area contributed by atoms with Crippen molar-refractivity contribution in [2.75, 3.05) is 38.0 Å². The number of nitrogens with zero attached hydrogens (tertiary/aromatic N) is 3. The summed E-state index contributed by atoms with van der Waals surface area (Å²) in [5.74, 6) is 0.103. The Morgan fingerprint density at radius 3 is 2.17 bits per heavy atom. The van der Waals surface area contributed by atoms with Crippen LogP contribution in [0.25, 0.3) is 0 Å². The number of hydrogen-bond donors (Lipinski definition) is 1. The Kier molecular flexibility index (Phi) is 9.70. The number of carbonyl (C=O) groups excluding carboxylic acids is 1. The minimum atomic E-state index is -4.87. The average Bonchev–Trinajstić information content (AvgIpc) is 3.35. The number of nitro groups is 1. The van der Waals surface area contributed by atoms with Gasteiger partial charge in [0.05, 0.1) is 10.5 Å². The van der Waals surface area contributed by atoms with Gasteiger partial charge in [-0.25, -0.2) is 0 Å². The van der Waals surface area contributed by atoms with Crippen LogP contribution < -0.4 is 5.32 Å². The Morgan fingerprint density at radius 2 is 1.60 bits per heavy atom. The number of hydrogen-bond acceptors (Lipinski definition) is 5. The molecule has 2 heterocycles. The molecular formula is C27H32F6N4O3. The summed E-state index contributed by atoms with van der Waals surface area (Å²) in [6.45, 7) is 2.76. The first-order valence-corrected chi connectivity index (χ1v) is 12.6. The van der Waals surface area contributed by atoms with Crippen molar-refractivity contribution < 1.29 is 36.1 Å². The van der Waals surface area contributed by atoms with Crippen molar-refractivity contribution in [1.29, 1.82) is 0 Å². The molecule has 4 rings (SSSR count). The molecule has 0 unspecified atom stereocenters. The minimum absolute atomic E-state index is 0. The molecule has 40 heavy (non-hydrogen) atoms. The molecule has 2 aromatic rings. The average molecular weight is 575 g/mol. The maximum absolute atomic E-state index is 13.2. The van der Waals surface area contributed by atoms with E-state index in [1.807, 2.05) is 0 Å². The molecule has 1 amide bonds. The molecule has 2 aliphatic heterocycles. The molecule has 1 atom stereocenters. The van der Waals surface area contributed by atoms with Gasteiger partial charge in [0, 0.05) is 43.9 Å². The van der Waals surface area contributed by atoms with Crippen LogP contribution in [0.15, 0.2) is 42.5 Å². The lowest BCUT2D eigenvalue weighted by Crippen LogP contribution is -2.37. The van der Waals surface area contributed by atoms with Crippen LogP contribution in [0.3, 0.4) is 0 Å². The van der Waals surface area contributed by atoms with Crippen molar-refractivity contribution in [3.8, 4) is 0 Å². The molecular weight excluding hydrogens is 542 g/mol. The molecule has 2 aliphatic rings. The summed E-state index contributed by atoms with van der Waals surface area (Å²) >= 11 is 0. The van der Waals surface area contributed by atoms with Crippen LogP contribution in [0.1, 0.15) is 55.7 Å².